The second-order valence-corrected chi connectivity index (χ2v) is 6.69. The van der Waals surface area contributed by atoms with Gasteiger partial charge in [-0.2, -0.15) is 0 Å². The first-order valence-electron chi connectivity index (χ1n) is 6.41. The van der Waals surface area contributed by atoms with Gasteiger partial charge in [-0.1, -0.05) is 0 Å². The summed E-state index contributed by atoms with van der Waals surface area (Å²) in [4.78, 5) is 11.5. The van der Waals surface area contributed by atoms with Crippen LogP contribution in [-0.2, 0) is 14.6 Å². The Hall–Kier alpha value is -1.45. The number of halogens is 3. The zero-order valence-electron chi connectivity index (χ0n) is 12.4. The van der Waals surface area contributed by atoms with Gasteiger partial charge in [0.1, 0.15) is 5.75 Å². The molecule has 0 aliphatic rings. The SMILES string of the molecule is CS(=O)(=O)c1ccc(OCCC(=O)NCC(F)(F)CN)cc1.Cl. The molecule has 10 heteroatoms. The maximum atomic E-state index is 12.8. The maximum Gasteiger partial charge on any atom is 0.277 e. The number of nitrogens with one attached hydrogen (secondary N) is 1. The van der Waals surface area contributed by atoms with E-state index in [1.54, 1.807) is 0 Å². The fraction of sp³-hybridized carbons (Fsp3) is 0.462. The number of carbonyl (C=O) groups excluding carboxylic acids is 1. The summed E-state index contributed by atoms with van der Waals surface area (Å²) in [5.41, 5.74) is 4.84. The first-order valence-corrected chi connectivity index (χ1v) is 8.31. The van der Waals surface area contributed by atoms with E-state index in [0.717, 1.165) is 6.26 Å². The minimum Gasteiger partial charge on any atom is -0.493 e. The molecule has 0 radical (unpaired) electrons. The molecule has 0 fully saturated rings. The Morgan fingerprint density at radius 2 is 1.87 bits per heavy atom. The highest BCUT2D eigenvalue weighted by molar-refractivity contribution is 7.90. The monoisotopic (exact) mass is 372 g/mol. The highest BCUT2D eigenvalue weighted by Crippen LogP contribution is 2.16. The molecule has 0 heterocycles. The molecule has 0 aliphatic carbocycles. The molecule has 0 saturated carbocycles. The molecule has 3 N–H and O–H groups in total. The second-order valence-electron chi connectivity index (χ2n) is 4.68. The molecular weight excluding hydrogens is 354 g/mol. The van der Waals surface area contributed by atoms with E-state index in [9.17, 15) is 22.0 Å². The first-order chi connectivity index (χ1) is 10.1. The van der Waals surface area contributed by atoms with E-state index >= 15 is 0 Å². The number of hydrogen-bond donors (Lipinski definition) is 2. The molecule has 23 heavy (non-hydrogen) atoms. The van der Waals surface area contributed by atoms with Crippen LogP contribution in [0.25, 0.3) is 0 Å². The Morgan fingerprint density at radius 3 is 2.35 bits per heavy atom. The van der Waals surface area contributed by atoms with E-state index in [2.05, 4.69) is 5.32 Å². The minimum atomic E-state index is -3.28. The summed E-state index contributed by atoms with van der Waals surface area (Å²) >= 11 is 0. The third-order valence-electron chi connectivity index (χ3n) is 2.69. The summed E-state index contributed by atoms with van der Waals surface area (Å²) < 4.78 is 53.4. The Labute approximate surface area is 139 Å². The quantitative estimate of drug-likeness (QED) is 0.709. The predicted molar refractivity (Wildman–Crippen MR) is 83.9 cm³/mol. The van der Waals surface area contributed by atoms with Gasteiger partial charge in [-0.15, -0.1) is 12.4 Å². The van der Waals surface area contributed by atoms with Crippen molar-refractivity contribution in [1.29, 1.82) is 0 Å². The number of alkyl halides is 2. The van der Waals surface area contributed by atoms with Gasteiger partial charge in [0.2, 0.25) is 5.91 Å². The topological polar surface area (TPSA) is 98.5 Å². The maximum absolute atomic E-state index is 12.8. The third kappa shape index (κ3) is 8.10. The van der Waals surface area contributed by atoms with Gasteiger partial charge in [-0.05, 0) is 24.3 Å². The van der Waals surface area contributed by atoms with Gasteiger partial charge in [-0.25, -0.2) is 17.2 Å². The zero-order chi connectivity index (χ0) is 16.8. The summed E-state index contributed by atoms with van der Waals surface area (Å²) in [7, 11) is -3.28. The summed E-state index contributed by atoms with van der Waals surface area (Å²) in [5, 5.41) is 2.06. The molecule has 1 aromatic carbocycles. The number of rotatable bonds is 8. The zero-order valence-corrected chi connectivity index (χ0v) is 14.1. The van der Waals surface area contributed by atoms with Crippen molar-refractivity contribution >= 4 is 28.2 Å². The summed E-state index contributed by atoms with van der Waals surface area (Å²) in [5.74, 6) is -3.33. The van der Waals surface area contributed by atoms with Crippen LogP contribution < -0.4 is 15.8 Å². The molecule has 0 unspecified atom stereocenters. The van der Waals surface area contributed by atoms with Crippen molar-refractivity contribution < 1.29 is 26.7 Å². The fourth-order valence-corrected chi connectivity index (χ4v) is 2.06. The molecule has 0 aliphatic heterocycles. The van der Waals surface area contributed by atoms with Gasteiger partial charge < -0.3 is 15.8 Å². The molecule has 1 amide bonds. The van der Waals surface area contributed by atoms with Crippen LogP contribution in [0.1, 0.15) is 6.42 Å². The Kier molecular flexibility index (Phi) is 8.43. The van der Waals surface area contributed by atoms with Crippen molar-refractivity contribution in [3.05, 3.63) is 24.3 Å². The molecule has 0 aromatic heterocycles. The standard InChI is InChI=1S/C13H18F2N2O4S.ClH/c1-22(19,20)11-4-2-10(3-5-11)21-7-6-12(18)17-9-13(14,15)8-16;/h2-5H,6-9,16H2,1H3,(H,17,18);1H. The van der Waals surface area contributed by atoms with Crippen LogP contribution >= 0.6 is 12.4 Å². The van der Waals surface area contributed by atoms with Crippen LogP contribution in [0.15, 0.2) is 29.2 Å². The summed E-state index contributed by atoms with van der Waals surface area (Å²) in [6.07, 6.45) is 0.985. The normalized spacial score (nSPS) is 11.5. The lowest BCUT2D eigenvalue weighted by molar-refractivity contribution is -0.123. The number of nitrogens with two attached hydrogens (primary N) is 1. The Morgan fingerprint density at radius 1 is 1.30 bits per heavy atom. The van der Waals surface area contributed by atoms with E-state index in [0.29, 0.717) is 5.75 Å². The van der Waals surface area contributed by atoms with Crippen molar-refractivity contribution in [3.63, 3.8) is 0 Å². The number of ether oxygens (including phenoxy) is 1. The lowest BCUT2D eigenvalue weighted by atomic mass is 10.3. The molecule has 132 valence electrons. The van der Waals surface area contributed by atoms with E-state index in [4.69, 9.17) is 10.5 Å². The Balaban J connectivity index is 0.00000484. The van der Waals surface area contributed by atoms with Crippen molar-refractivity contribution in [3.8, 4) is 5.75 Å². The highest BCUT2D eigenvalue weighted by atomic mass is 35.5. The van der Waals surface area contributed by atoms with Crippen LogP contribution in [0.3, 0.4) is 0 Å². The number of hydrogen-bond acceptors (Lipinski definition) is 5. The molecule has 0 saturated heterocycles. The number of benzene rings is 1. The third-order valence-corrected chi connectivity index (χ3v) is 3.82. The van der Waals surface area contributed by atoms with Crippen LogP contribution in [0.5, 0.6) is 5.75 Å². The van der Waals surface area contributed by atoms with Gasteiger partial charge in [-0.3, -0.25) is 4.79 Å². The van der Waals surface area contributed by atoms with Crippen LogP contribution in [0, 0.1) is 0 Å². The largest absolute Gasteiger partial charge is 0.493 e. The Bertz CT molecular complexity index is 609. The average molecular weight is 373 g/mol. The number of carbonyl (C=O) groups is 1. The minimum absolute atomic E-state index is 0. The van der Waals surface area contributed by atoms with Crippen LogP contribution in [0.4, 0.5) is 8.78 Å². The van der Waals surface area contributed by atoms with Gasteiger partial charge in [0, 0.05) is 6.26 Å². The second kappa shape index (κ2) is 8.99. The smallest absolute Gasteiger partial charge is 0.277 e. The van der Waals surface area contributed by atoms with E-state index < -0.39 is 34.8 Å². The van der Waals surface area contributed by atoms with Gasteiger partial charge in [0.15, 0.2) is 9.84 Å². The lowest BCUT2D eigenvalue weighted by Crippen LogP contribution is -2.41. The molecular formula is C13H19ClF2N2O4S. The summed E-state index contributed by atoms with van der Waals surface area (Å²) in [6, 6.07) is 5.67. The van der Waals surface area contributed by atoms with Crippen molar-refractivity contribution in [2.75, 3.05) is 26.0 Å². The first kappa shape index (κ1) is 21.6. The fourth-order valence-electron chi connectivity index (χ4n) is 1.43. The molecule has 1 rings (SSSR count). The molecule has 0 bridgehead atoms. The van der Waals surface area contributed by atoms with Gasteiger partial charge >= 0.3 is 0 Å². The predicted octanol–water partition coefficient (Wildman–Crippen LogP) is 0.991. The van der Waals surface area contributed by atoms with Crippen molar-refractivity contribution in [2.45, 2.75) is 17.2 Å². The van der Waals surface area contributed by atoms with Crippen LogP contribution in [-0.4, -0.2) is 46.2 Å². The van der Waals surface area contributed by atoms with Gasteiger partial charge in [0.05, 0.1) is 31.0 Å². The van der Waals surface area contributed by atoms with Crippen LogP contribution in [0.2, 0.25) is 0 Å². The number of amides is 1. The number of sulfone groups is 1. The molecule has 0 spiro atoms. The van der Waals surface area contributed by atoms with Crippen molar-refractivity contribution in [1.82, 2.24) is 5.32 Å². The van der Waals surface area contributed by atoms with E-state index in [-0.39, 0.29) is 30.3 Å². The highest BCUT2D eigenvalue weighted by Gasteiger charge is 2.26. The lowest BCUT2D eigenvalue weighted by Gasteiger charge is -2.14. The summed E-state index contributed by atoms with van der Waals surface area (Å²) in [6.45, 7) is -1.67. The van der Waals surface area contributed by atoms with Crippen molar-refractivity contribution in [2.24, 2.45) is 5.73 Å². The average Bonchev–Trinajstić information content (AvgIpc) is 2.45. The van der Waals surface area contributed by atoms with E-state index in [1.165, 1.54) is 24.3 Å². The van der Waals surface area contributed by atoms with Gasteiger partial charge in [0.25, 0.3) is 5.92 Å². The molecule has 1 aromatic rings. The van der Waals surface area contributed by atoms with E-state index in [1.807, 2.05) is 0 Å². The molecule has 6 nitrogen and oxygen atoms in total. The molecule has 0 atom stereocenters.